The summed E-state index contributed by atoms with van der Waals surface area (Å²) in [6.07, 6.45) is 7.45. The molecule has 1 aliphatic carbocycles. The third-order valence-corrected chi connectivity index (χ3v) is 7.34. The van der Waals surface area contributed by atoms with E-state index in [-0.39, 0.29) is 35.4 Å². The largest absolute Gasteiger partial charge is 0.356 e. The van der Waals surface area contributed by atoms with E-state index in [1.165, 1.54) is 56.7 Å². The summed E-state index contributed by atoms with van der Waals surface area (Å²) in [4.78, 5) is 19.0. The van der Waals surface area contributed by atoms with Crippen molar-refractivity contribution >= 4 is 47.6 Å². The van der Waals surface area contributed by atoms with E-state index >= 15 is 0 Å². The Balaban J connectivity index is 0.00000341. The van der Waals surface area contributed by atoms with E-state index < -0.39 is 0 Å². The van der Waals surface area contributed by atoms with Crippen LogP contribution in [0.5, 0.6) is 0 Å². The first-order chi connectivity index (χ1) is 14.7. The van der Waals surface area contributed by atoms with Crippen LogP contribution in [0.1, 0.15) is 48.0 Å². The van der Waals surface area contributed by atoms with Gasteiger partial charge in [0.1, 0.15) is 0 Å². The van der Waals surface area contributed by atoms with E-state index in [2.05, 4.69) is 43.7 Å². The minimum absolute atomic E-state index is 0. The predicted molar refractivity (Wildman–Crippen MR) is 143 cm³/mol. The van der Waals surface area contributed by atoms with E-state index in [1.807, 2.05) is 25.2 Å². The van der Waals surface area contributed by atoms with E-state index in [9.17, 15) is 4.79 Å². The van der Waals surface area contributed by atoms with Crippen molar-refractivity contribution in [2.24, 2.45) is 4.99 Å². The molecular weight excluding hydrogens is 521 g/mol. The molecule has 1 saturated carbocycles. The van der Waals surface area contributed by atoms with Crippen LogP contribution in [0.3, 0.4) is 0 Å². The molecule has 1 aromatic rings. The molecule has 31 heavy (non-hydrogen) atoms. The lowest BCUT2D eigenvalue weighted by Gasteiger charge is -2.48. The number of thioether (sulfide) groups is 1. The molecule has 3 N–H and O–H groups in total. The summed E-state index contributed by atoms with van der Waals surface area (Å²) in [5.41, 5.74) is 2.13. The summed E-state index contributed by atoms with van der Waals surface area (Å²) >= 11 is 2.08. The number of aliphatic imine (C=N–C) groups is 1. The molecule has 0 bridgehead atoms. The number of nitrogens with one attached hydrogen (secondary N) is 3. The highest BCUT2D eigenvalue weighted by Gasteiger charge is 2.38. The highest BCUT2D eigenvalue weighted by molar-refractivity contribution is 14.0. The first-order valence-corrected chi connectivity index (χ1v) is 12.4. The molecule has 0 radical (unpaired) electrons. The standard InChI is InChI=1S/C23H37N5OS.HI/c1-24-21(29)20-8-6-7-19(17-20)9-12-26-22(25-2)27-18-23(10-4-3-5-11-23)28-13-15-30-16-14-28;/h6-8,17H,3-5,9-16,18H2,1-2H3,(H,24,29)(H2,25,26,27);1H. The third kappa shape index (κ3) is 7.53. The highest BCUT2D eigenvalue weighted by Crippen LogP contribution is 2.34. The van der Waals surface area contributed by atoms with Gasteiger partial charge in [0, 0.05) is 62.9 Å². The second kappa shape index (κ2) is 13.5. The summed E-state index contributed by atoms with van der Waals surface area (Å²) in [6, 6.07) is 7.81. The number of carbonyl (C=O) groups excluding carboxylic acids is 1. The van der Waals surface area contributed by atoms with Crippen LogP contribution in [0.25, 0.3) is 0 Å². The minimum Gasteiger partial charge on any atom is -0.356 e. The number of hydrogen-bond donors (Lipinski definition) is 3. The number of carbonyl (C=O) groups is 1. The van der Waals surface area contributed by atoms with E-state index in [4.69, 9.17) is 0 Å². The molecule has 1 amide bonds. The van der Waals surface area contributed by atoms with Gasteiger partial charge in [-0.2, -0.15) is 11.8 Å². The number of hydrogen-bond acceptors (Lipinski definition) is 4. The van der Waals surface area contributed by atoms with Gasteiger partial charge in [0.25, 0.3) is 5.91 Å². The van der Waals surface area contributed by atoms with E-state index in [1.54, 1.807) is 7.05 Å². The van der Waals surface area contributed by atoms with Gasteiger partial charge >= 0.3 is 0 Å². The summed E-state index contributed by atoms with van der Waals surface area (Å²) in [7, 11) is 3.50. The van der Waals surface area contributed by atoms with Crippen LogP contribution in [-0.4, -0.2) is 74.1 Å². The van der Waals surface area contributed by atoms with Gasteiger partial charge in [0.2, 0.25) is 0 Å². The van der Waals surface area contributed by atoms with Gasteiger partial charge in [-0.3, -0.25) is 14.7 Å². The Labute approximate surface area is 208 Å². The number of halogens is 1. The van der Waals surface area contributed by atoms with Gasteiger partial charge in [-0.15, -0.1) is 24.0 Å². The maximum atomic E-state index is 11.8. The van der Waals surface area contributed by atoms with E-state index in [0.29, 0.717) is 5.56 Å². The van der Waals surface area contributed by atoms with Gasteiger partial charge in [-0.1, -0.05) is 31.4 Å². The third-order valence-electron chi connectivity index (χ3n) is 6.40. The molecule has 0 aromatic heterocycles. The number of nitrogens with zero attached hydrogens (tertiary/aromatic N) is 2. The molecule has 1 heterocycles. The maximum Gasteiger partial charge on any atom is 0.251 e. The lowest BCUT2D eigenvalue weighted by molar-refractivity contribution is 0.0626. The molecule has 1 aromatic carbocycles. The normalized spacial score (nSPS) is 19.2. The van der Waals surface area contributed by atoms with Crippen LogP contribution in [0.2, 0.25) is 0 Å². The fourth-order valence-corrected chi connectivity index (χ4v) is 5.56. The van der Waals surface area contributed by atoms with Crippen LogP contribution < -0.4 is 16.0 Å². The molecule has 1 aliphatic heterocycles. The molecule has 0 spiro atoms. The zero-order valence-electron chi connectivity index (χ0n) is 18.9. The monoisotopic (exact) mass is 559 g/mol. The highest BCUT2D eigenvalue weighted by atomic mass is 127. The quantitative estimate of drug-likeness (QED) is 0.272. The Bertz CT molecular complexity index is 718. The van der Waals surface area contributed by atoms with Crippen molar-refractivity contribution < 1.29 is 4.79 Å². The topological polar surface area (TPSA) is 68.8 Å². The van der Waals surface area contributed by atoms with Crippen molar-refractivity contribution in [1.82, 2.24) is 20.9 Å². The smallest absolute Gasteiger partial charge is 0.251 e. The summed E-state index contributed by atoms with van der Waals surface area (Å²) in [6.45, 7) is 4.16. The molecule has 174 valence electrons. The second-order valence-corrected chi connectivity index (χ2v) is 9.49. The van der Waals surface area contributed by atoms with Crippen molar-refractivity contribution in [1.29, 1.82) is 0 Å². The first-order valence-electron chi connectivity index (χ1n) is 11.3. The Kier molecular flexibility index (Phi) is 11.5. The number of amides is 1. The molecule has 6 nitrogen and oxygen atoms in total. The van der Waals surface area contributed by atoms with Crippen molar-refractivity contribution in [2.75, 3.05) is 51.8 Å². The van der Waals surface area contributed by atoms with Crippen molar-refractivity contribution in [3.63, 3.8) is 0 Å². The summed E-state index contributed by atoms with van der Waals surface area (Å²) < 4.78 is 0. The lowest BCUT2D eigenvalue weighted by atomic mass is 9.80. The average Bonchev–Trinajstić information content (AvgIpc) is 2.82. The molecule has 0 unspecified atom stereocenters. The zero-order valence-corrected chi connectivity index (χ0v) is 22.1. The number of benzene rings is 1. The Morgan fingerprint density at radius 3 is 2.58 bits per heavy atom. The second-order valence-electron chi connectivity index (χ2n) is 8.27. The van der Waals surface area contributed by atoms with Crippen molar-refractivity contribution in [2.45, 2.75) is 44.1 Å². The van der Waals surface area contributed by atoms with Crippen LogP contribution in [-0.2, 0) is 6.42 Å². The zero-order chi connectivity index (χ0) is 21.2. The predicted octanol–water partition coefficient (Wildman–Crippen LogP) is 3.12. The summed E-state index contributed by atoms with van der Waals surface area (Å²) in [5, 5.41) is 9.77. The molecule has 0 atom stereocenters. The molecule has 1 saturated heterocycles. The molecule has 3 rings (SSSR count). The maximum absolute atomic E-state index is 11.8. The SMILES string of the molecule is CN=C(NCCc1cccc(C(=O)NC)c1)NCC1(N2CCSCC2)CCCCC1.I. The molecule has 2 aliphatic rings. The van der Waals surface area contributed by atoms with Crippen LogP contribution in [0, 0.1) is 0 Å². The number of guanidine groups is 1. The minimum atomic E-state index is -0.0452. The van der Waals surface area contributed by atoms with Crippen LogP contribution in [0.15, 0.2) is 29.3 Å². The van der Waals surface area contributed by atoms with Crippen molar-refractivity contribution in [3.8, 4) is 0 Å². The van der Waals surface area contributed by atoms with Crippen LogP contribution in [0.4, 0.5) is 0 Å². The van der Waals surface area contributed by atoms with Crippen molar-refractivity contribution in [3.05, 3.63) is 35.4 Å². The van der Waals surface area contributed by atoms with Gasteiger partial charge < -0.3 is 16.0 Å². The molecule has 8 heteroatoms. The summed E-state index contributed by atoms with van der Waals surface area (Å²) in [5.74, 6) is 3.33. The Morgan fingerprint density at radius 2 is 1.90 bits per heavy atom. The number of rotatable bonds is 7. The fraction of sp³-hybridized carbons (Fsp3) is 0.652. The first kappa shape index (κ1) is 26.3. The Morgan fingerprint density at radius 1 is 1.16 bits per heavy atom. The molecule has 2 fully saturated rings. The molecular formula is C23H38IN5OS. The van der Waals surface area contributed by atoms with Crippen LogP contribution >= 0.6 is 35.7 Å². The fourth-order valence-electron chi connectivity index (χ4n) is 4.66. The average molecular weight is 560 g/mol. The van der Waals surface area contributed by atoms with Gasteiger partial charge in [0.15, 0.2) is 5.96 Å². The van der Waals surface area contributed by atoms with Gasteiger partial charge in [0.05, 0.1) is 0 Å². The van der Waals surface area contributed by atoms with Gasteiger partial charge in [-0.25, -0.2) is 0 Å². The lowest BCUT2D eigenvalue weighted by Crippen LogP contribution is -2.59. The Hall–Kier alpha value is -1.00. The van der Waals surface area contributed by atoms with E-state index in [0.717, 1.165) is 31.0 Å². The van der Waals surface area contributed by atoms with Gasteiger partial charge in [-0.05, 0) is 37.0 Å².